The lowest BCUT2D eigenvalue weighted by Gasteiger charge is -2.33. The number of rotatable bonds is 6. The van der Waals surface area contributed by atoms with Crippen LogP contribution in [0.15, 0.2) is 170 Å². The van der Waals surface area contributed by atoms with Crippen LogP contribution >= 0.6 is 0 Å². The third-order valence-electron chi connectivity index (χ3n) is 14.4. The van der Waals surface area contributed by atoms with E-state index in [1.165, 1.54) is 133 Å². The highest BCUT2D eigenvalue weighted by atomic mass is 15.2. The SMILES string of the molecule is Cc1ccc(N(C2=C3c4cccc5c6cc7c(cc6n(c45)[C@@H]3CC=C2)c2cccc3c4c(N(c5ccc(C)cc5)c5cc(C)ccc5C)cccc4n7c23)c2cc(C)ccc2C)cc1. The maximum atomic E-state index is 2.68. The van der Waals surface area contributed by atoms with Crippen molar-refractivity contribution in [3.63, 3.8) is 0 Å². The number of hydrogen-bond donors (Lipinski definition) is 0. The van der Waals surface area contributed by atoms with Crippen molar-refractivity contribution in [2.45, 2.75) is 54.0 Å². The Hall–Kier alpha value is -7.56. The van der Waals surface area contributed by atoms with Gasteiger partial charge in [0, 0.05) is 66.2 Å². The van der Waals surface area contributed by atoms with Gasteiger partial charge >= 0.3 is 0 Å². The third kappa shape index (κ3) is 5.11. The van der Waals surface area contributed by atoms with E-state index >= 15 is 0 Å². The van der Waals surface area contributed by atoms with Crippen LogP contribution in [0.5, 0.6) is 0 Å². The first-order chi connectivity index (χ1) is 31.2. The molecule has 11 aromatic rings. The molecule has 1 atom stereocenters. The quantitative estimate of drug-likeness (QED) is 0.166. The first-order valence-corrected chi connectivity index (χ1v) is 22.7. The Labute approximate surface area is 373 Å². The van der Waals surface area contributed by atoms with E-state index in [1.54, 1.807) is 0 Å². The third-order valence-corrected chi connectivity index (χ3v) is 14.4. The molecule has 0 unspecified atom stereocenters. The van der Waals surface area contributed by atoms with E-state index in [4.69, 9.17) is 0 Å². The molecule has 0 N–H and O–H groups in total. The van der Waals surface area contributed by atoms with Crippen LogP contribution in [0.3, 0.4) is 0 Å². The van der Waals surface area contributed by atoms with E-state index in [1.807, 2.05) is 0 Å². The minimum Gasteiger partial charge on any atom is -0.332 e. The van der Waals surface area contributed by atoms with Crippen LogP contribution in [0.4, 0.5) is 28.4 Å². The Kier molecular flexibility index (Phi) is 7.80. The van der Waals surface area contributed by atoms with Crippen LogP contribution in [0.1, 0.15) is 51.4 Å². The Balaban J connectivity index is 1.06. The van der Waals surface area contributed by atoms with Gasteiger partial charge in [0.05, 0.1) is 45.0 Å². The van der Waals surface area contributed by atoms with Crippen molar-refractivity contribution in [3.8, 4) is 0 Å². The Bertz CT molecular complexity index is 3820. The van der Waals surface area contributed by atoms with Gasteiger partial charge in [-0.15, -0.1) is 0 Å². The highest BCUT2D eigenvalue weighted by molar-refractivity contribution is 6.28. The molecule has 1 aliphatic carbocycles. The van der Waals surface area contributed by atoms with Gasteiger partial charge in [-0.2, -0.15) is 0 Å². The van der Waals surface area contributed by atoms with Crippen LogP contribution in [0, 0.1) is 41.5 Å². The Morgan fingerprint density at radius 2 is 1.02 bits per heavy atom. The number of aromatic nitrogens is 2. The van der Waals surface area contributed by atoms with Crippen LogP contribution < -0.4 is 9.80 Å². The molecule has 64 heavy (non-hydrogen) atoms. The molecule has 1 aliphatic heterocycles. The standard InChI is InChI=1S/C60H48N4/c1-35-21-27-41(28-22-35)61(53-31-37(3)19-25-39(53)5)49-15-9-17-51-57(49)45-13-7-11-43-47-34-56-48(33-55(47)63(51)59(43)45)44-12-8-14-46-58-50(16-10-18-52(58)64(56)60(44)46)62(42-29-23-36(2)24-30-42)54-32-38(4)20-26-40(54)6/h7-17,19-34,52H,18H2,1-6H3/t52-/m1/s1. The van der Waals surface area contributed by atoms with E-state index < -0.39 is 0 Å². The minimum atomic E-state index is 0.172. The van der Waals surface area contributed by atoms with Gasteiger partial charge in [-0.05, 0) is 137 Å². The molecule has 2 aliphatic rings. The van der Waals surface area contributed by atoms with Crippen molar-refractivity contribution >= 4 is 93.9 Å². The smallest absolute Gasteiger partial charge is 0.0654 e. The van der Waals surface area contributed by atoms with Crippen molar-refractivity contribution in [3.05, 3.63) is 208 Å². The molecule has 0 bridgehead atoms. The summed E-state index contributed by atoms with van der Waals surface area (Å²) in [4.78, 5) is 4.99. The average Bonchev–Trinajstić information content (AvgIpc) is 4.04. The van der Waals surface area contributed by atoms with E-state index in [2.05, 4.69) is 224 Å². The van der Waals surface area contributed by atoms with Crippen molar-refractivity contribution in [2.24, 2.45) is 0 Å². The normalized spacial score (nSPS) is 14.7. The van der Waals surface area contributed by atoms with Gasteiger partial charge in [-0.25, -0.2) is 0 Å². The zero-order valence-corrected chi connectivity index (χ0v) is 37.2. The van der Waals surface area contributed by atoms with Crippen molar-refractivity contribution < 1.29 is 0 Å². The summed E-state index contributed by atoms with van der Waals surface area (Å²) in [5.74, 6) is 0. The fourth-order valence-electron chi connectivity index (χ4n) is 11.4. The van der Waals surface area contributed by atoms with E-state index in [0.717, 1.165) is 12.1 Å². The van der Waals surface area contributed by atoms with Crippen LogP contribution in [0.2, 0.25) is 0 Å². The van der Waals surface area contributed by atoms with Crippen molar-refractivity contribution in [2.75, 3.05) is 9.80 Å². The second kappa shape index (κ2) is 13.5. The highest BCUT2D eigenvalue weighted by Gasteiger charge is 2.37. The first-order valence-electron chi connectivity index (χ1n) is 22.7. The number of aryl methyl sites for hydroxylation is 6. The number of fused-ring (bicyclic) bond motifs is 12. The molecule has 0 fully saturated rings. The number of para-hydroxylation sites is 2. The minimum absolute atomic E-state index is 0.172. The molecule has 4 heteroatoms. The zero-order chi connectivity index (χ0) is 43.1. The number of allylic oxidation sites excluding steroid dienone is 3. The fraction of sp³-hybridized carbons (Fsp3) is 0.133. The molecule has 4 nitrogen and oxygen atoms in total. The summed E-state index contributed by atoms with van der Waals surface area (Å²) in [5.41, 5.74) is 23.9. The van der Waals surface area contributed by atoms with E-state index in [0.29, 0.717) is 0 Å². The van der Waals surface area contributed by atoms with Crippen molar-refractivity contribution in [1.29, 1.82) is 0 Å². The van der Waals surface area contributed by atoms with Gasteiger partial charge in [0.25, 0.3) is 0 Å². The fourth-order valence-corrected chi connectivity index (χ4v) is 11.4. The number of hydrogen-bond acceptors (Lipinski definition) is 2. The molecule has 0 spiro atoms. The monoisotopic (exact) mass is 824 g/mol. The van der Waals surface area contributed by atoms with Crippen molar-refractivity contribution in [1.82, 2.24) is 8.97 Å². The van der Waals surface area contributed by atoms with Gasteiger partial charge in [0.1, 0.15) is 0 Å². The summed E-state index contributed by atoms with van der Waals surface area (Å²) in [7, 11) is 0. The molecular formula is C60H48N4. The van der Waals surface area contributed by atoms with Gasteiger partial charge in [0.15, 0.2) is 0 Å². The first kappa shape index (κ1) is 37.0. The van der Waals surface area contributed by atoms with Gasteiger partial charge in [-0.1, -0.05) is 108 Å². The second-order valence-electron chi connectivity index (χ2n) is 18.5. The van der Waals surface area contributed by atoms with E-state index in [-0.39, 0.29) is 6.04 Å². The highest BCUT2D eigenvalue weighted by Crippen LogP contribution is 2.54. The maximum absolute atomic E-state index is 2.68. The van der Waals surface area contributed by atoms with Gasteiger partial charge in [0.2, 0.25) is 0 Å². The van der Waals surface area contributed by atoms with E-state index in [9.17, 15) is 0 Å². The summed E-state index contributed by atoms with van der Waals surface area (Å²) in [6.07, 6.45) is 5.73. The maximum Gasteiger partial charge on any atom is 0.0654 e. The second-order valence-corrected chi connectivity index (χ2v) is 18.5. The van der Waals surface area contributed by atoms with Crippen LogP contribution in [-0.4, -0.2) is 8.97 Å². The predicted molar refractivity (Wildman–Crippen MR) is 272 cm³/mol. The molecule has 0 radical (unpaired) electrons. The zero-order valence-electron chi connectivity index (χ0n) is 37.2. The molecule has 4 heterocycles. The largest absolute Gasteiger partial charge is 0.332 e. The predicted octanol–water partition coefficient (Wildman–Crippen LogP) is 16.3. The lowest BCUT2D eigenvalue weighted by molar-refractivity contribution is 0.679. The molecule has 0 amide bonds. The molecular weight excluding hydrogens is 777 g/mol. The Morgan fingerprint density at radius 3 is 1.72 bits per heavy atom. The van der Waals surface area contributed by atoms with Gasteiger partial charge < -0.3 is 18.8 Å². The summed E-state index contributed by atoms with van der Waals surface area (Å²) in [5, 5.41) is 7.77. The number of nitrogens with zero attached hydrogens (tertiary/aromatic N) is 4. The summed E-state index contributed by atoms with van der Waals surface area (Å²) in [6.45, 7) is 13.2. The topological polar surface area (TPSA) is 15.8 Å². The van der Waals surface area contributed by atoms with Crippen LogP contribution in [-0.2, 0) is 0 Å². The lowest BCUT2D eigenvalue weighted by atomic mass is 9.90. The summed E-state index contributed by atoms with van der Waals surface area (Å²) >= 11 is 0. The van der Waals surface area contributed by atoms with Gasteiger partial charge in [-0.3, -0.25) is 0 Å². The lowest BCUT2D eigenvalue weighted by Crippen LogP contribution is -2.21. The molecule has 3 aromatic heterocycles. The number of benzene rings is 8. The molecule has 0 saturated heterocycles. The number of anilines is 5. The molecule has 13 rings (SSSR count). The molecule has 0 saturated carbocycles. The molecule has 8 aromatic carbocycles. The molecule has 308 valence electrons. The summed E-state index contributed by atoms with van der Waals surface area (Å²) in [6, 6.07) is 57.7. The Morgan fingerprint density at radius 1 is 0.453 bits per heavy atom. The van der Waals surface area contributed by atoms with Crippen LogP contribution in [0.25, 0.3) is 65.5 Å². The summed E-state index contributed by atoms with van der Waals surface area (Å²) < 4.78 is 5.24. The average molecular weight is 825 g/mol.